The van der Waals surface area contributed by atoms with E-state index in [2.05, 4.69) is 25.9 Å². The molecule has 106 valence electrons. The number of carbonyl (C=O) groups is 1. The van der Waals surface area contributed by atoms with Crippen LogP contribution in [0.4, 0.5) is 0 Å². The van der Waals surface area contributed by atoms with Crippen LogP contribution in [0.5, 0.6) is 0 Å². The number of aromatic amines is 1. The van der Waals surface area contributed by atoms with E-state index in [1.54, 1.807) is 35.9 Å². The number of hydrogen-bond donors (Lipinski definition) is 3. The van der Waals surface area contributed by atoms with Crippen molar-refractivity contribution in [1.29, 1.82) is 0 Å². The summed E-state index contributed by atoms with van der Waals surface area (Å²) in [5.74, 6) is -0.694. The van der Waals surface area contributed by atoms with Gasteiger partial charge >= 0.3 is 0 Å². The van der Waals surface area contributed by atoms with Crippen LogP contribution < -0.4 is 5.48 Å². The quantitative estimate of drug-likeness (QED) is 0.556. The van der Waals surface area contributed by atoms with Gasteiger partial charge in [-0.3, -0.25) is 14.2 Å². The normalized spacial score (nSPS) is 13.7. The van der Waals surface area contributed by atoms with Gasteiger partial charge in [-0.05, 0) is 24.3 Å². The van der Waals surface area contributed by atoms with Crippen LogP contribution in [0.25, 0.3) is 0 Å². The Hall–Kier alpha value is -1.51. The number of amides is 1. The summed E-state index contributed by atoms with van der Waals surface area (Å²) in [6, 6.07) is 6.84. The van der Waals surface area contributed by atoms with Crippen molar-refractivity contribution in [3.05, 3.63) is 47.0 Å². The number of carbonyl (C=O) groups excluding carboxylic acids is 1. The molecule has 6 nitrogen and oxygen atoms in total. The fourth-order valence-corrected chi connectivity index (χ4v) is 3.24. The van der Waals surface area contributed by atoms with Crippen LogP contribution in [-0.2, 0) is 22.0 Å². The minimum absolute atomic E-state index is 0.190. The lowest BCUT2D eigenvalue weighted by molar-refractivity contribution is -0.128. The van der Waals surface area contributed by atoms with Crippen LogP contribution in [0.1, 0.15) is 5.69 Å². The molecule has 1 amide bonds. The average Bonchev–Trinajstić information content (AvgIpc) is 2.97. The van der Waals surface area contributed by atoms with Gasteiger partial charge in [0.25, 0.3) is 5.91 Å². The van der Waals surface area contributed by atoms with Gasteiger partial charge in [-0.25, -0.2) is 10.5 Å². The van der Waals surface area contributed by atoms with Crippen molar-refractivity contribution in [2.45, 2.75) is 16.6 Å². The van der Waals surface area contributed by atoms with E-state index in [0.717, 1.165) is 4.47 Å². The molecule has 0 saturated carbocycles. The van der Waals surface area contributed by atoms with E-state index in [1.807, 2.05) is 0 Å². The molecule has 0 spiro atoms. The highest BCUT2D eigenvalue weighted by Crippen LogP contribution is 2.18. The first-order valence-electron chi connectivity index (χ1n) is 5.69. The van der Waals surface area contributed by atoms with Gasteiger partial charge in [0.1, 0.15) is 5.25 Å². The van der Waals surface area contributed by atoms with Crippen molar-refractivity contribution in [2.24, 2.45) is 0 Å². The Morgan fingerprint density at radius 2 is 2.15 bits per heavy atom. The van der Waals surface area contributed by atoms with E-state index >= 15 is 0 Å². The molecular formula is C12H12BrN3O3S. The minimum Gasteiger partial charge on any atom is -0.348 e. The molecule has 0 aliphatic rings. The smallest absolute Gasteiger partial charge is 0.259 e. The molecule has 0 fully saturated rings. The topological polar surface area (TPSA) is 95.1 Å². The number of nitrogens with zero attached hydrogens (tertiary/aromatic N) is 1. The Kier molecular flexibility index (Phi) is 5.05. The number of hydroxylamine groups is 1. The zero-order valence-corrected chi connectivity index (χ0v) is 12.6. The molecule has 1 aromatic carbocycles. The molecule has 20 heavy (non-hydrogen) atoms. The molecule has 2 atom stereocenters. The molecular weight excluding hydrogens is 346 g/mol. The van der Waals surface area contributed by atoms with Crippen molar-refractivity contribution in [1.82, 2.24) is 15.4 Å². The molecule has 0 aliphatic heterocycles. The second-order valence-electron chi connectivity index (χ2n) is 4.00. The Morgan fingerprint density at radius 3 is 2.70 bits per heavy atom. The van der Waals surface area contributed by atoms with Crippen LogP contribution in [0.15, 0.2) is 46.2 Å². The number of imidazole rings is 1. The maximum absolute atomic E-state index is 12.5. The van der Waals surface area contributed by atoms with Gasteiger partial charge in [0.2, 0.25) is 0 Å². The molecule has 3 N–H and O–H groups in total. The number of benzene rings is 1. The standard InChI is InChI=1S/C12H12BrN3O3S/c13-8-1-3-10(4-2-8)20(19)11(12(17)16-18)5-9-6-14-7-15-9/h1-4,6-7,11,18H,5H2,(H,14,15)(H,16,17). The van der Waals surface area contributed by atoms with Crippen LogP contribution in [-0.4, -0.2) is 30.5 Å². The van der Waals surface area contributed by atoms with Gasteiger partial charge in [-0.2, -0.15) is 0 Å². The molecule has 2 rings (SSSR count). The maximum atomic E-state index is 12.5. The molecule has 1 aromatic heterocycles. The zero-order valence-electron chi connectivity index (χ0n) is 10.2. The summed E-state index contributed by atoms with van der Waals surface area (Å²) in [7, 11) is -1.58. The number of nitrogens with one attached hydrogen (secondary N) is 2. The van der Waals surface area contributed by atoms with Gasteiger partial charge in [0.15, 0.2) is 0 Å². The SMILES string of the molecule is O=C(NO)C(Cc1cnc[nH]1)S(=O)c1ccc(Br)cc1. The Bertz CT molecular complexity index is 601. The summed E-state index contributed by atoms with van der Waals surface area (Å²) in [6.07, 6.45) is 3.22. The van der Waals surface area contributed by atoms with Crippen molar-refractivity contribution in [3.8, 4) is 0 Å². The van der Waals surface area contributed by atoms with Crippen LogP contribution >= 0.6 is 15.9 Å². The number of halogens is 1. The summed E-state index contributed by atoms with van der Waals surface area (Å²) < 4.78 is 13.3. The highest BCUT2D eigenvalue weighted by Gasteiger charge is 2.27. The number of aromatic nitrogens is 2. The molecule has 8 heteroatoms. The van der Waals surface area contributed by atoms with Crippen molar-refractivity contribution < 1.29 is 14.2 Å². The van der Waals surface area contributed by atoms with Crippen molar-refractivity contribution >= 4 is 32.6 Å². The van der Waals surface area contributed by atoms with Crippen LogP contribution in [0.3, 0.4) is 0 Å². The zero-order chi connectivity index (χ0) is 14.5. The molecule has 2 aromatic rings. The summed E-state index contributed by atoms with van der Waals surface area (Å²) in [5, 5.41) is 7.91. The highest BCUT2D eigenvalue weighted by atomic mass is 79.9. The lowest BCUT2D eigenvalue weighted by Gasteiger charge is -2.13. The second kappa shape index (κ2) is 6.78. The molecule has 0 saturated heterocycles. The van der Waals surface area contributed by atoms with Gasteiger partial charge in [0, 0.05) is 27.7 Å². The largest absolute Gasteiger partial charge is 0.348 e. The number of H-pyrrole nitrogens is 1. The van der Waals surface area contributed by atoms with E-state index in [0.29, 0.717) is 10.6 Å². The van der Waals surface area contributed by atoms with E-state index in [-0.39, 0.29) is 6.42 Å². The Labute approximate surface area is 126 Å². The maximum Gasteiger partial charge on any atom is 0.259 e. The Balaban J connectivity index is 2.24. The van der Waals surface area contributed by atoms with Gasteiger partial charge in [-0.15, -0.1) is 0 Å². The summed E-state index contributed by atoms with van der Waals surface area (Å²) in [4.78, 5) is 18.9. The van der Waals surface area contributed by atoms with Crippen molar-refractivity contribution in [2.75, 3.05) is 0 Å². The number of rotatable bonds is 5. The first-order valence-corrected chi connectivity index (χ1v) is 7.69. The summed E-state index contributed by atoms with van der Waals surface area (Å²) >= 11 is 3.29. The first kappa shape index (κ1) is 14.9. The van der Waals surface area contributed by atoms with Crippen LogP contribution in [0, 0.1) is 0 Å². The molecule has 2 unspecified atom stereocenters. The fraction of sp³-hybridized carbons (Fsp3) is 0.167. The van der Waals surface area contributed by atoms with Gasteiger partial charge in [-0.1, -0.05) is 15.9 Å². The molecule has 0 radical (unpaired) electrons. The molecule has 1 heterocycles. The van der Waals surface area contributed by atoms with Crippen LogP contribution in [0.2, 0.25) is 0 Å². The third kappa shape index (κ3) is 3.53. The van der Waals surface area contributed by atoms with E-state index in [9.17, 15) is 9.00 Å². The molecule has 0 aliphatic carbocycles. The summed E-state index contributed by atoms with van der Waals surface area (Å²) in [5.41, 5.74) is 2.23. The van der Waals surface area contributed by atoms with E-state index < -0.39 is 22.0 Å². The van der Waals surface area contributed by atoms with Gasteiger partial charge < -0.3 is 4.98 Å². The fourth-order valence-electron chi connectivity index (χ4n) is 1.67. The third-order valence-electron chi connectivity index (χ3n) is 2.67. The first-order chi connectivity index (χ1) is 9.61. The molecule has 0 bridgehead atoms. The lowest BCUT2D eigenvalue weighted by Crippen LogP contribution is -2.37. The predicted octanol–water partition coefficient (Wildman–Crippen LogP) is 1.40. The van der Waals surface area contributed by atoms with Gasteiger partial charge in [0.05, 0.1) is 17.1 Å². The van der Waals surface area contributed by atoms with E-state index in [4.69, 9.17) is 5.21 Å². The summed E-state index contributed by atoms with van der Waals surface area (Å²) in [6.45, 7) is 0. The highest BCUT2D eigenvalue weighted by molar-refractivity contribution is 9.10. The van der Waals surface area contributed by atoms with E-state index in [1.165, 1.54) is 6.33 Å². The van der Waals surface area contributed by atoms with Crippen molar-refractivity contribution in [3.63, 3.8) is 0 Å². The minimum atomic E-state index is -1.58. The number of hydrogen-bond acceptors (Lipinski definition) is 4. The Morgan fingerprint density at radius 1 is 1.45 bits per heavy atom. The average molecular weight is 358 g/mol. The second-order valence-corrected chi connectivity index (χ2v) is 6.55. The monoisotopic (exact) mass is 357 g/mol. The lowest BCUT2D eigenvalue weighted by atomic mass is 10.2. The predicted molar refractivity (Wildman–Crippen MR) is 76.6 cm³/mol. The third-order valence-corrected chi connectivity index (χ3v) is 4.83.